The zero-order valence-electron chi connectivity index (χ0n) is 7.25. The van der Waals surface area contributed by atoms with E-state index in [9.17, 15) is 4.79 Å². The fourth-order valence-electron chi connectivity index (χ4n) is 1.12. The van der Waals surface area contributed by atoms with E-state index in [0.29, 0.717) is 19.6 Å². The maximum Gasteiger partial charge on any atom is 0.410 e. The fraction of sp³-hybridized carbons (Fsp3) is 0.857. The largest absolute Gasteiger partial charge is 0.443 e. The van der Waals surface area contributed by atoms with Gasteiger partial charge in [0.15, 0.2) is 0 Å². The third kappa shape index (κ3) is 2.35. The van der Waals surface area contributed by atoms with Crippen molar-refractivity contribution in [3.05, 3.63) is 0 Å². The van der Waals surface area contributed by atoms with E-state index in [1.807, 2.05) is 0 Å². The van der Waals surface area contributed by atoms with Crippen LogP contribution in [0, 0.1) is 0 Å². The van der Waals surface area contributed by atoms with E-state index in [1.54, 1.807) is 11.9 Å². The molecule has 1 atom stereocenters. The number of nitrogens with two attached hydrogens (primary N) is 1. The molecule has 0 radical (unpaired) electrons. The zero-order valence-corrected chi connectivity index (χ0v) is 7.25. The summed E-state index contributed by atoms with van der Waals surface area (Å²) in [5, 5.41) is 3.09. The predicted molar refractivity (Wildman–Crippen MR) is 44.8 cm³/mol. The summed E-state index contributed by atoms with van der Waals surface area (Å²) >= 11 is 0. The molecule has 0 aromatic heterocycles. The summed E-state index contributed by atoms with van der Waals surface area (Å²) in [4.78, 5) is 12.4. The molecule has 1 fully saturated rings. The van der Waals surface area contributed by atoms with Gasteiger partial charge in [-0.25, -0.2) is 4.79 Å². The van der Waals surface area contributed by atoms with Crippen molar-refractivity contribution in [3.63, 3.8) is 0 Å². The number of carbonyl (C=O) groups excluding carboxylic acids is 1. The van der Waals surface area contributed by atoms with E-state index in [4.69, 9.17) is 10.5 Å². The van der Waals surface area contributed by atoms with Crippen LogP contribution in [0.5, 0.6) is 0 Å². The minimum Gasteiger partial charge on any atom is -0.443 e. The Morgan fingerprint density at radius 3 is 3.08 bits per heavy atom. The van der Waals surface area contributed by atoms with Gasteiger partial charge in [-0.3, -0.25) is 0 Å². The summed E-state index contributed by atoms with van der Waals surface area (Å²) in [6.45, 7) is 2.72. The Balaban J connectivity index is 2.14. The van der Waals surface area contributed by atoms with Crippen molar-refractivity contribution < 1.29 is 9.53 Å². The number of rotatable bonds is 4. The molecule has 1 rings (SSSR count). The van der Waals surface area contributed by atoms with Gasteiger partial charge in [0.25, 0.3) is 0 Å². The lowest BCUT2D eigenvalue weighted by Gasteiger charge is -2.07. The fourth-order valence-corrected chi connectivity index (χ4v) is 1.12. The Morgan fingerprint density at radius 1 is 1.83 bits per heavy atom. The summed E-state index contributed by atoms with van der Waals surface area (Å²) in [6, 6.07) is 0. The molecule has 0 aromatic carbocycles. The minimum atomic E-state index is -0.241. The second-order valence-electron chi connectivity index (χ2n) is 2.88. The van der Waals surface area contributed by atoms with E-state index in [-0.39, 0.29) is 12.2 Å². The Morgan fingerprint density at radius 2 is 2.58 bits per heavy atom. The standard InChI is InChI=1S/C7H15N3O2/c1-10-5-6(12-7(10)11)4-9-3-2-8/h6,9H,2-5,8H2,1H3. The SMILES string of the molecule is CN1CC(CNCCN)OC1=O. The van der Waals surface area contributed by atoms with Gasteiger partial charge in [-0.1, -0.05) is 0 Å². The predicted octanol–water partition coefficient (Wildman–Crippen LogP) is -1.01. The van der Waals surface area contributed by atoms with Gasteiger partial charge in [0.2, 0.25) is 0 Å². The van der Waals surface area contributed by atoms with Crippen molar-refractivity contribution in [1.29, 1.82) is 0 Å². The molecule has 5 nitrogen and oxygen atoms in total. The van der Waals surface area contributed by atoms with Crippen molar-refractivity contribution in [2.75, 3.05) is 33.2 Å². The first-order valence-corrected chi connectivity index (χ1v) is 4.06. The van der Waals surface area contributed by atoms with Crippen LogP contribution in [-0.2, 0) is 4.74 Å². The van der Waals surface area contributed by atoms with Gasteiger partial charge in [-0.2, -0.15) is 0 Å². The van der Waals surface area contributed by atoms with Crippen LogP contribution in [0.15, 0.2) is 0 Å². The van der Waals surface area contributed by atoms with Crippen molar-refractivity contribution in [3.8, 4) is 0 Å². The average Bonchev–Trinajstić information content (AvgIpc) is 2.32. The maximum atomic E-state index is 10.9. The summed E-state index contributed by atoms with van der Waals surface area (Å²) in [5.74, 6) is 0. The van der Waals surface area contributed by atoms with E-state index in [0.717, 1.165) is 6.54 Å². The Hall–Kier alpha value is -0.810. The van der Waals surface area contributed by atoms with Crippen molar-refractivity contribution in [1.82, 2.24) is 10.2 Å². The lowest BCUT2D eigenvalue weighted by atomic mass is 10.3. The normalized spacial score (nSPS) is 23.0. The van der Waals surface area contributed by atoms with E-state index >= 15 is 0 Å². The zero-order chi connectivity index (χ0) is 8.97. The van der Waals surface area contributed by atoms with E-state index in [1.165, 1.54) is 0 Å². The molecule has 12 heavy (non-hydrogen) atoms. The van der Waals surface area contributed by atoms with Gasteiger partial charge < -0.3 is 20.7 Å². The summed E-state index contributed by atoms with van der Waals surface area (Å²) in [5.41, 5.74) is 5.29. The first-order valence-electron chi connectivity index (χ1n) is 4.06. The molecule has 0 bridgehead atoms. The minimum absolute atomic E-state index is 0.0194. The lowest BCUT2D eigenvalue weighted by Crippen LogP contribution is -2.32. The molecule has 1 saturated heterocycles. The molecule has 1 amide bonds. The molecule has 1 unspecified atom stereocenters. The number of likely N-dealkylation sites (N-methyl/N-ethyl adjacent to an activating group) is 1. The molecular weight excluding hydrogens is 158 g/mol. The highest BCUT2D eigenvalue weighted by Crippen LogP contribution is 2.06. The second-order valence-corrected chi connectivity index (χ2v) is 2.88. The summed E-state index contributed by atoms with van der Waals surface area (Å²) in [6.07, 6.45) is -0.261. The highest BCUT2D eigenvalue weighted by molar-refractivity contribution is 5.69. The maximum absolute atomic E-state index is 10.9. The molecule has 3 N–H and O–H groups in total. The van der Waals surface area contributed by atoms with Crippen LogP contribution in [0.4, 0.5) is 4.79 Å². The Kier molecular flexibility index (Phi) is 3.31. The molecule has 70 valence electrons. The molecule has 0 aromatic rings. The van der Waals surface area contributed by atoms with Crippen LogP contribution < -0.4 is 11.1 Å². The lowest BCUT2D eigenvalue weighted by molar-refractivity contribution is 0.133. The van der Waals surface area contributed by atoms with Crippen LogP contribution >= 0.6 is 0 Å². The number of cyclic esters (lactones) is 1. The van der Waals surface area contributed by atoms with Crippen molar-refractivity contribution in [2.45, 2.75) is 6.10 Å². The first-order chi connectivity index (χ1) is 5.74. The van der Waals surface area contributed by atoms with Crippen molar-refractivity contribution in [2.24, 2.45) is 5.73 Å². The molecule has 5 heteroatoms. The van der Waals surface area contributed by atoms with Crippen LogP contribution in [-0.4, -0.2) is 50.3 Å². The molecule has 1 aliphatic rings. The number of hydrogen-bond donors (Lipinski definition) is 2. The van der Waals surface area contributed by atoms with Gasteiger partial charge in [0.1, 0.15) is 6.10 Å². The van der Waals surface area contributed by atoms with Crippen LogP contribution in [0.3, 0.4) is 0 Å². The Bertz CT molecular complexity index is 163. The van der Waals surface area contributed by atoms with Gasteiger partial charge in [0.05, 0.1) is 6.54 Å². The number of nitrogens with zero attached hydrogens (tertiary/aromatic N) is 1. The van der Waals surface area contributed by atoms with E-state index in [2.05, 4.69) is 5.32 Å². The van der Waals surface area contributed by atoms with Gasteiger partial charge >= 0.3 is 6.09 Å². The Labute approximate surface area is 71.8 Å². The number of ether oxygens (including phenoxy) is 1. The number of nitrogens with one attached hydrogen (secondary N) is 1. The molecule has 0 saturated carbocycles. The second kappa shape index (κ2) is 4.27. The quantitative estimate of drug-likeness (QED) is 0.534. The molecular formula is C7H15N3O2. The molecule has 0 aliphatic carbocycles. The number of carbonyl (C=O) groups is 1. The van der Waals surface area contributed by atoms with Gasteiger partial charge in [-0.05, 0) is 0 Å². The van der Waals surface area contributed by atoms with E-state index < -0.39 is 0 Å². The first kappa shape index (κ1) is 9.28. The topological polar surface area (TPSA) is 67.6 Å². The van der Waals surface area contributed by atoms with Crippen LogP contribution in [0.1, 0.15) is 0 Å². The van der Waals surface area contributed by atoms with Crippen molar-refractivity contribution >= 4 is 6.09 Å². The van der Waals surface area contributed by atoms with Gasteiger partial charge in [0, 0.05) is 26.7 Å². The number of amides is 1. The van der Waals surface area contributed by atoms with Crippen LogP contribution in [0.2, 0.25) is 0 Å². The highest BCUT2D eigenvalue weighted by Gasteiger charge is 2.27. The highest BCUT2D eigenvalue weighted by atomic mass is 16.6. The summed E-state index contributed by atoms with van der Waals surface area (Å²) < 4.78 is 5.00. The molecule has 1 aliphatic heterocycles. The third-order valence-corrected chi connectivity index (χ3v) is 1.75. The molecule has 1 heterocycles. The third-order valence-electron chi connectivity index (χ3n) is 1.75. The number of hydrogen-bond acceptors (Lipinski definition) is 4. The summed E-state index contributed by atoms with van der Waals surface area (Å²) in [7, 11) is 1.73. The monoisotopic (exact) mass is 173 g/mol. The average molecular weight is 173 g/mol. The molecule has 0 spiro atoms. The smallest absolute Gasteiger partial charge is 0.410 e. The van der Waals surface area contributed by atoms with Crippen LogP contribution in [0.25, 0.3) is 0 Å². The van der Waals surface area contributed by atoms with Gasteiger partial charge in [-0.15, -0.1) is 0 Å².